The second-order valence-electron chi connectivity index (χ2n) is 0.610. The van der Waals surface area contributed by atoms with Gasteiger partial charge in [-0.2, -0.15) is 0 Å². The summed E-state index contributed by atoms with van der Waals surface area (Å²) in [5.74, 6) is -3.65. The predicted octanol–water partition coefficient (Wildman–Crippen LogP) is -1.00. The molecule has 0 saturated carbocycles. The average Bonchev–Trinajstić information content (AvgIpc) is 1.36. The molecule has 6 heteroatoms. The smallest absolute Gasteiger partial charge is 1.00 e. The largest absolute Gasteiger partial charge is 2.00 e. The standard InChI is InChI=1S/C2H2O4.Ca.Ti.2H/c3-1(4)2(5)6;;;;/h(H,3,4)(H,5,6);;;;/q;+2;;2*-1. The molecule has 0 aliphatic rings. The third-order valence-corrected chi connectivity index (χ3v) is 0.183. The fourth-order valence-electron chi connectivity index (χ4n) is 0. The van der Waals surface area contributed by atoms with Crippen LogP contribution in [0.25, 0.3) is 0 Å². The van der Waals surface area contributed by atoms with Crippen LogP contribution < -0.4 is 0 Å². The second kappa shape index (κ2) is 7.91. The van der Waals surface area contributed by atoms with Crippen LogP contribution in [0.5, 0.6) is 0 Å². The van der Waals surface area contributed by atoms with Crippen LogP contribution in [0.4, 0.5) is 0 Å². The molecule has 0 bridgehead atoms. The molecular weight excluding hydrogens is 176 g/mol. The van der Waals surface area contributed by atoms with Gasteiger partial charge in [0.2, 0.25) is 0 Å². The maximum Gasteiger partial charge on any atom is 2.00 e. The van der Waals surface area contributed by atoms with Crippen molar-refractivity contribution < 1.29 is 44.4 Å². The Bertz CT molecular complexity index is 87.3. The predicted molar refractivity (Wildman–Crippen MR) is 23.2 cm³/mol. The molecule has 0 amide bonds. The first kappa shape index (κ1) is 16.0. The number of aliphatic carboxylic acids is 2. The van der Waals surface area contributed by atoms with E-state index in [1.807, 2.05) is 0 Å². The topological polar surface area (TPSA) is 74.6 Å². The number of hydrogen-bond donors (Lipinski definition) is 2. The van der Waals surface area contributed by atoms with Crippen molar-refractivity contribution in [3.8, 4) is 0 Å². The van der Waals surface area contributed by atoms with Crippen molar-refractivity contribution in [2.24, 2.45) is 0 Å². The van der Waals surface area contributed by atoms with E-state index in [1.54, 1.807) is 0 Å². The van der Waals surface area contributed by atoms with Crippen molar-refractivity contribution in [2.45, 2.75) is 0 Å². The Morgan fingerprint density at radius 3 is 1.25 bits per heavy atom. The van der Waals surface area contributed by atoms with Crippen LogP contribution in [-0.2, 0) is 31.3 Å². The Morgan fingerprint density at radius 2 is 1.25 bits per heavy atom. The molecular formula is C2H4CaO4Ti. The second-order valence-corrected chi connectivity index (χ2v) is 0.610. The van der Waals surface area contributed by atoms with E-state index in [0.29, 0.717) is 0 Å². The number of rotatable bonds is 0. The maximum absolute atomic E-state index is 9.10. The van der Waals surface area contributed by atoms with E-state index in [4.69, 9.17) is 19.8 Å². The summed E-state index contributed by atoms with van der Waals surface area (Å²) in [7, 11) is 0. The van der Waals surface area contributed by atoms with E-state index in [0.717, 1.165) is 0 Å². The van der Waals surface area contributed by atoms with Gasteiger partial charge in [0.1, 0.15) is 0 Å². The van der Waals surface area contributed by atoms with Crippen LogP contribution in [0.15, 0.2) is 0 Å². The van der Waals surface area contributed by atoms with Gasteiger partial charge >= 0.3 is 49.7 Å². The molecule has 0 aromatic carbocycles. The van der Waals surface area contributed by atoms with Crippen LogP contribution in [0.3, 0.4) is 0 Å². The average molecular weight is 180 g/mol. The van der Waals surface area contributed by atoms with Crippen LogP contribution in [-0.4, -0.2) is 59.9 Å². The molecule has 0 spiro atoms. The zero-order valence-corrected chi connectivity index (χ0v) is 7.69. The van der Waals surface area contributed by atoms with Gasteiger partial charge in [-0.3, -0.25) is 0 Å². The van der Waals surface area contributed by atoms with Crippen LogP contribution in [0.2, 0.25) is 0 Å². The van der Waals surface area contributed by atoms with Gasteiger partial charge in [0.25, 0.3) is 0 Å². The summed E-state index contributed by atoms with van der Waals surface area (Å²) in [5, 5.41) is 14.8. The molecule has 0 heterocycles. The van der Waals surface area contributed by atoms with Crippen molar-refractivity contribution >= 4 is 49.7 Å². The molecule has 0 saturated heterocycles. The first-order valence-corrected chi connectivity index (χ1v) is 1.11. The molecule has 0 aromatic heterocycles. The van der Waals surface area contributed by atoms with E-state index in [9.17, 15) is 0 Å². The molecule has 0 rings (SSSR count). The number of carbonyl (C=O) groups is 2. The molecule has 0 aromatic rings. The van der Waals surface area contributed by atoms with E-state index < -0.39 is 11.9 Å². The summed E-state index contributed by atoms with van der Waals surface area (Å²) in [6, 6.07) is 0. The van der Waals surface area contributed by atoms with E-state index in [-0.39, 0.29) is 62.3 Å². The molecule has 0 fully saturated rings. The Balaban J connectivity index is -0.0000000208. The normalized spacial score (nSPS) is 5.50. The van der Waals surface area contributed by atoms with Crippen molar-refractivity contribution in [3.63, 3.8) is 0 Å². The van der Waals surface area contributed by atoms with Gasteiger partial charge in [0, 0.05) is 21.7 Å². The molecule has 0 radical (unpaired) electrons. The summed E-state index contributed by atoms with van der Waals surface area (Å²) in [6.07, 6.45) is 0. The number of carboxylic acids is 2. The summed E-state index contributed by atoms with van der Waals surface area (Å²) in [4.78, 5) is 18.2. The molecule has 0 unspecified atom stereocenters. The van der Waals surface area contributed by atoms with Gasteiger partial charge in [-0.05, 0) is 0 Å². The molecule has 2 N–H and O–H groups in total. The van der Waals surface area contributed by atoms with Gasteiger partial charge < -0.3 is 13.1 Å². The minimum Gasteiger partial charge on any atom is -1.00 e. The Kier molecular flexibility index (Phi) is 15.8. The minimum absolute atomic E-state index is 0. The monoisotopic (exact) mass is 180 g/mol. The van der Waals surface area contributed by atoms with Gasteiger partial charge in [-0.1, -0.05) is 0 Å². The molecule has 4 nitrogen and oxygen atoms in total. The third kappa shape index (κ3) is 10.0. The van der Waals surface area contributed by atoms with Gasteiger partial charge in [0.15, 0.2) is 0 Å². The SMILES string of the molecule is O=C(O)C(=O)O.[Ca+2].[H-].[H-].[Ti]. The Hall–Kier alpha value is 0.914. The fourth-order valence-corrected chi connectivity index (χ4v) is 0. The van der Waals surface area contributed by atoms with Gasteiger partial charge in [-0.15, -0.1) is 0 Å². The van der Waals surface area contributed by atoms with E-state index >= 15 is 0 Å². The summed E-state index contributed by atoms with van der Waals surface area (Å²) in [6.45, 7) is 0. The van der Waals surface area contributed by atoms with E-state index in [1.165, 1.54) is 0 Å². The summed E-state index contributed by atoms with van der Waals surface area (Å²) in [5.41, 5.74) is 0. The number of carboxylic acid groups (broad SMARTS) is 2. The number of hydrogen-bond acceptors (Lipinski definition) is 2. The zero-order valence-electron chi connectivity index (χ0n) is 5.92. The zero-order chi connectivity index (χ0) is 5.15. The van der Waals surface area contributed by atoms with Crippen LogP contribution in [0, 0.1) is 0 Å². The molecule has 0 atom stereocenters. The maximum atomic E-state index is 9.10. The van der Waals surface area contributed by atoms with Gasteiger partial charge in [0.05, 0.1) is 0 Å². The van der Waals surface area contributed by atoms with Crippen molar-refractivity contribution in [2.75, 3.05) is 0 Å². The van der Waals surface area contributed by atoms with Crippen molar-refractivity contribution in [1.29, 1.82) is 0 Å². The van der Waals surface area contributed by atoms with Crippen molar-refractivity contribution in [3.05, 3.63) is 0 Å². The summed E-state index contributed by atoms with van der Waals surface area (Å²) < 4.78 is 0. The third-order valence-electron chi connectivity index (χ3n) is 0.183. The summed E-state index contributed by atoms with van der Waals surface area (Å²) >= 11 is 0. The van der Waals surface area contributed by atoms with Crippen LogP contribution >= 0.6 is 0 Å². The molecule has 0 aliphatic heterocycles. The molecule has 8 heavy (non-hydrogen) atoms. The first-order valence-electron chi connectivity index (χ1n) is 1.11. The Labute approximate surface area is 93.1 Å². The first-order chi connectivity index (χ1) is 2.64. The van der Waals surface area contributed by atoms with Crippen molar-refractivity contribution in [1.82, 2.24) is 0 Å². The van der Waals surface area contributed by atoms with Crippen LogP contribution in [0.1, 0.15) is 2.85 Å². The minimum atomic E-state index is -1.82. The van der Waals surface area contributed by atoms with E-state index in [2.05, 4.69) is 0 Å². The van der Waals surface area contributed by atoms with Gasteiger partial charge in [-0.25, -0.2) is 9.59 Å². The molecule has 0 aliphatic carbocycles. The Morgan fingerprint density at radius 1 is 1.12 bits per heavy atom. The quantitative estimate of drug-likeness (QED) is 0.370. The fraction of sp³-hybridized carbons (Fsp3) is 0. The molecule has 42 valence electrons.